The van der Waals surface area contributed by atoms with Gasteiger partial charge in [-0.3, -0.25) is 61.8 Å². The van der Waals surface area contributed by atoms with Gasteiger partial charge < -0.3 is 161 Å². The van der Waals surface area contributed by atoms with Gasteiger partial charge in [0.15, 0.2) is 31.3 Å². The smallest absolute Gasteiger partial charge is 0.394 e. The molecular formula is C79H139FN11O35P. The summed E-state index contributed by atoms with van der Waals surface area (Å²) in [6.07, 6.45) is -18.7. The highest BCUT2D eigenvalue weighted by atomic mass is 31.2. The van der Waals surface area contributed by atoms with Crippen molar-refractivity contribution in [3.8, 4) is 0 Å². The molecule has 5 rings (SSSR count). The zero-order valence-electron chi connectivity index (χ0n) is 72.9. The second-order valence-corrected chi connectivity index (χ2v) is 33.3. The Morgan fingerprint density at radius 1 is 0.394 bits per heavy atom. The molecule has 23 atom stereocenters. The van der Waals surface area contributed by atoms with E-state index in [2.05, 4.69) is 57.7 Å². The molecule has 0 aromatic carbocycles. The molecule has 21 N–H and O–H groups in total. The monoisotopic (exact) mass is 1850 g/mol. The van der Waals surface area contributed by atoms with E-state index in [9.17, 15) is 113 Å². The largest absolute Gasteiger partial charge is 0.471 e. The van der Waals surface area contributed by atoms with Crippen molar-refractivity contribution in [2.24, 2.45) is 0 Å². The van der Waals surface area contributed by atoms with Gasteiger partial charge in [0.25, 0.3) is 0 Å². The van der Waals surface area contributed by atoms with E-state index in [1.54, 1.807) is 0 Å². The van der Waals surface area contributed by atoms with Gasteiger partial charge in [0.2, 0.25) is 65.0 Å². The Hall–Kier alpha value is -6.59. The fraction of sp³-hybridized carbons (Fsp3) is 0.861. The summed E-state index contributed by atoms with van der Waals surface area (Å²) in [5.41, 5.74) is 0. The minimum atomic E-state index is -4.32. The maximum Gasteiger partial charge on any atom is 0.471 e. The van der Waals surface area contributed by atoms with Crippen LogP contribution in [0, 0.1) is 0 Å². The van der Waals surface area contributed by atoms with Crippen LogP contribution < -0.4 is 53.2 Å². The van der Waals surface area contributed by atoms with Crippen LogP contribution in [0.2, 0.25) is 0 Å². The highest BCUT2D eigenvalue weighted by Crippen LogP contribution is 2.43. The number of β-amino-alcohol motifs (C(OH)–C–C–N with tert-alkyl or cyclic N) is 1. The fourth-order valence-electron chi connectivity index (χ4n) is 14.5. The van der Waals surface area contributed by atoms with E-state index in [-0.39, 0.29) is 167 Å². The molecule has 0 saturated carbocycles. The van der Waals surface area contributed by atoms with Gasteiger partial charge in [0.1, 0.15) is 91.4 Å². The summed E-state index contributed by atoms with van der Waals surface area (Å²) >= 11 is 0. The molecule has 5 aliphatic heterocycles. The lowest BCUT2D eigenvalue weighted by atomic mass is 9.97. The number of phosphoric acid groups is 1. The van der Waals surface area contributed by atoms with E-state index >= 15 is 4.39 Å². The second kappa shape index (κ2) is 61.2. The van der Waals surface area contributed by atoms with Gasteiger partial charge in [-0.2, -0.15) is 0 Å². The first-order valence-electron chi connectivity index (χ1n) is 43.8. The Kier molecular flexibility index (Phi) is 53.4. The molecule has 732 valence electrons. The second-order valence-electron chi connectivity index (χ2n) is 31.7. The Labute approximate surface area is 737 Å². The van der Waals surface area contributed by atoms with Gasteiger partial charge in [0, 0.05) is 145 Å². The number of phosphoric ester groups is 1. The normalized spacial score (nSPS) is 28.2. The molecule has 127 heavy (non-hydrogen) atoms. The molecule has 11 amide bonds. The quantitative estimate of drug-likeness (QED) is 0.0199. The van der Waals surface area contributed by atoms with E-state index in [1.807, 2.05) is 0 Å². The number of carbonyl (C=O) groups excluding carboxylic acids is 11. The summed E-state index contributed by atoms with van der Waals surface area (Å²) in [4.78, 5) is 151. The summed E-state index contributed by atoms with van der Waals surface area (Å²) in [6, 6.07) is -4.00. The zero-order chi connectivity index (χ0) is 93.4. The number of aliphatic hydroxyl groups is 10. The van der Waals surface area contributed by atoms with Gasteiger partial charge in [-0.25, -0.2) is 8.96 Å². The number of halogens is 1. The van der Waals surface area contributed by atoms with Crippen molar-refractivity contribution in [2.45, 2.75) is 310 Å². The molecular weight excluding hydrogens is 1710 g/mol. The van der Waals surface area contributed by atoms with E-state index in [0.29, 0.717) is 96.3 Å². The number of rotatable bonds is 63. The third-order valence-corrected chi connectivity index (χ3v) is 22.3. The predicted octanol–water partition coefficient (Wildman–Crippen LogP) is -5.77. The highest BCUT2D eigenvalue weighted by Gasteiger charge is 2.51. The van der Waals surface area contributed by atoms with Crippen molar-refractivity contribution in [3.63, 3.8) is 0 Å². The van der Waals surface area contributed by atoms with Crippen LogP contribution in [-0.4, -0.2) is 386 Å². The highest BCUT2D eigenvalue weighted by molar-refractivity contribution is 7.47. The van der Waals surface area contributed by atoms with Gasteiger partial charge in [-0.1, -0.05) is 25.7 Å². The summed E-state index contributed by atoms with van der Waals surface area (Å²) in [5.74, 6) is -4.76. The fourth-order valence-corrected chi connectivity index (χ4v) is 14.9. The average Bonchev–Trinajstić information content (AvgIpc) is 1.15. The molecule has 0 aliphatic carbocycles. The van der Waals surface area contributed by atoms with Gasteiger partial charge >= 0.3 is 7.82 Å². The first-order chi connectivity index (χ1) is 60.7. The number of alkyl halides is 1. The van der Waals surface area contributed by atoms with Crippen LogP contribution in [0.1, 0.15) is 175 Å². The van der Waals surface area contributed by atoms with Gasteiger partial charge in [-0.15, -0.1) is 0 Å². The maximum atomic E-state index is 17.3. The molecule has 1 unspecified atom stereocenters. The molecule has 0 bridgehead atoms. The number of amides is 11. The Bertz CT molecular complexity index is 3340. The maximum absolute atomic E-state index is 17.3. The van der Waals surface area contributed by atoms with Crippen molar-refractivity contribution < 1.29 is 174 Å². The first-order valence-corrected chi connectivity index (χ1v) is 45.2. The van der Waals surface area contributed by atoms with Crippen LogP contribution in [0.3, 0.4) is 0 Å². The van der Waals surface area contributed by atoms with E-state index in [1.165, 1.54) is 25.7 Å². The first kappa shape index (κ1) is 111. The molecule has 46 nitrogen and oxygen atoms in total. The van der Waals surface area contributed by atoms with Crippen LogP contribution in [0.5, 0.6) is 0 Å². The summed E-state index contributed by atoms with van der Waals surface area (Å²) in [5, 5.41) is 128. The van der Waals surface area contributed by atoms with Gasteiger partial charge in [0.05, 0.1) is 65.0 Å². The number of aliphatic hydroxyl groups excluding tert-OH is 10. The molecule has 0 radical (unpaired) electrons. The van der Waals surface area contributed by atoms with Crippen LogP contribution in [0.25, 0.3) is 0 Å². The molecule has 5 aliphatic rings. The third-order valence-electron chi connectivity index (χ3n) is 21.4. The number of nitrogens with one attached hydrogen (secondary N) is 10. The van der Waals surface area contributed by atoms with Crippen LogP contribution >= 0.6 is 7.82 Å². The minimum absolute atomic E-state index is 0.0383. The number of hydrogen-bond donors (Lipinski definition) is 21. The Morgan fingerprint density at radius 2 is 0.740 bits per heavy atom. The molecule has 5 fully saturated rings. The van der Waals surface area contributed by atoms with Crippen molar-refractivity contribution >= 4 is 72.8 Å². The Morgan fingerprint density at radius 3 is 1.12 bits per heavy atom. The van der Waals surface area contributed by atoms with Crippen molar-refractivity contribution in [2.75, 3.05) is 126 Å². The predicted molar refractivity (Wildman–Crippen MR) is 439 cm³/mol. The van der Waals surface area contributed by atoms with E-state index in [0.717, 1.165) is 7.11 Å². The van der Waals surface area contributed by atoms with Crippen molar-refractivity contribution in [3.05, 3.63) is 0 Å². The van der Waals surface area contributed by atoms with Crippen LogP contribution in [-0.2, 0) is 114 Å². The number of nitrogens with zero attached hydrogens (tertiary/aromatic N) is 1. The summed E-state index contributed by atoms with van der Waals surface area (Å²) in [6.45, 7) is 1.17. The van der Waals surface area contributed by atoms with Crippen molar-refractivity contribution in [1.82, 2.24) is 58.1 Å². The van der Waals surface area contributed by atoms with Gasteiger partial charge in [-0.05, 0) is 77.0 Å². The zero-order valence-corrected chi connectivity index (χ0v) is 73.8. The summed E-state index contributed by atoms with van der Waals surface area (Å²) in [7, 11) is -3.31. The lowest BCUT2D eigenvalue weighted by Crippen LogP contribution is -2.64. The Balaban J connectivity index is 1.15. The molecule has 48 heteroatoms. The van der Waals surface area contributed by atoms with Crippen LogP contribution in [0.15, 0.2) is 0 Å². The molecule has 5 heterocycles. The topological polar surface area (TPSA) is 662 Å². The van der Waals surface area contributed by atoms with E-state index < -0.39 is 217 Å². The number of unbranched alkanes of at least 4 members (excludes halogenated alkanes) is 8. The molecule has 0 spiro atoms. The standard InChI is InChI=1S/C79H139FN11O35P/c1-47(95)87-65-71(110)68(107)52(42-92)124-77(65)119-34-14-11-20-56(99)81-28-17-31-84-59(102)25-37-116-46-55-74(117-38-26-60(103)85-32-18-29-82-57(100)21-12-15-35-120-78-66(88-48(2)96)72(111)69(108)53(43-93)125-78)75(64(80)76(123-55)90-62(105)23-9-7-5-6-8-10-24-63(106)91-41-51(98)40-50(91)45-122-127(113,114)115-4)118-39-27-61(104)86-33-19-30-83-58(101)22-13-16-36-121-79-67(89-49(3)97)73(112)70(109)54(44-94)126-79/h50-55,64-79,92-94,98,107-112H,5-46H2,1-4H3,(H,81,99)(H,82,100)(H,83,101)(H,84,102)(H,85,103)(H,86,104)(H,87,95)(H,88,96)(H,89,97)(H,90,105)(H,113,114)/t50-,51+,52+,53+,54+,55+,64+,65+,66+,67+,68-,69-,70-,71+,72+,73+,74+,75+,76+,77+,78+,79+/m0/s1. The summed E-state index contributed by atoms with van der Waals surface area (Å²) < 4.78 is 97.0. The van der Waals surface area contributed by atoms with E-state index in [4.69, 9.17) is 51.9 Å². The van der Waals surface area contributed by atoms with Crippen LogP contribution in [0.4, 0.5) is 4.39 Å². The number of carbonyl (C=O) groups is 11. The molecule has 0 aromatic heterocycles. The average molecular weight is 1850 g/mol. The number of likely N-dealkylation sites (tertiary alicyclic amines) is 1. The lowest BCUT2D eigenvalue weighted by molar-refractivity contribution is -0.270. The third kappa shape index (κ3) is 41.8. The molecule has 5 saturated heterocycles. The number of ether oxygens (including phenoxy) is 10. The lowest BCUT2D eigenvalue weighted by Gasteiger charge is -2.43. The number of hydrogen-bond acceptors (Lipinski definition) is 34. The van der Waals surface area contributed by atoms with Crippen molar-refractivity contribution in [1.29, 1.82) is 0 Å². The SMILES string of the molecule is COP(=O)(O)OC[C@@H]1C[C@@H](O)CN1C(=O)CCCCCCCCC(=O)N[C@@H]1O[C@H](COCCC(=O)NCCCNC(=O)CCCCO[C@@H]2O[C@H](CO)[C@H](O)[C@H](O)[C@H]2NC(C)=O)[C@@H](OCCC(=O)NCCCNC(=O)CCCCO[C@@H]2O[C@H](CO)[C@H](O)[C@H](O)[C@H]2NC(C)=O)[C@H](OCCC(=O)NCCCNC(=O)CCCCO[C@@H]2O[C@H](CO)[C@H](O)[C@H](O)[C@H]2NC(C)=O)[C@H]1F. The molecule has 0 aromatic rings. The minimum Gasteiger partial charge on any atom is -0.394 e.